The summed E-state index contributed by atoms with van der Waals surface area (Å²) in [6.07, 6.45) is 1.90. The Hall–Kier alpha value is -1.14. The van der Waals surface area contributed by atoms with Gasteiger partial charge < -0.3 is 19.5 Å². The predicted octanol–water partition coefficient (Wildman–Crippen LogP) is 0.115. The maximum Gasteiger partial charge on any atom is 0.305 e. The summed E-state index contributed by atoms with van der Waals surface area (Å²) in [7, 11) is 1.44. The highest BCUT2D eigenvalue weighted by Gasteiger charge is 2.22. The number of rotatable bonds is 7. The summed E-state index contributed by atoms with van der Waals surface area (Å²) in [4.78, 5) is 23.7. The molecule has 17 heavy (non-hydrogen) atoms. The van der Waals surface area contributed by atoms with Crippen LogP contribution in [0.3, 0.4) is 0 Å². The number of hydrogen-bond donors (Lipinski definition) is 1. The van der Waals surface area contributed by atoms with Crippen molar-refractivity contribution < 1.29 is 24.2 Å². The summed E-state index contributed by atoms with van der Waals surface area (Å²) in [5, 5.41) is 8.63. The summed E-state index contributed by atoms with van der Waals surface area (Å²) >= 11 is 0. The minimum absolute atomic E-state index is 0.0215. The van der Waals surface area contributed by atoms with E-state index in [1.165, 1.54) is 12.0 Å². The fraction of sp³-hybridized carbons (Fsp3) is 0.818. The van der Waals surface area contributed by atoms with Crippen LogP contribution >= 0.6 is 0 Å². The van der Waals surface area contributed by atoms with E-state index in [1.54, 1.807) is 0 Å². The molecule has 1 unspecified atom stereocenters. The summed E-state index contributed by atoms with van der Waals surface area (Å²) in [5.74, 6) is -1.10. The van der Waals surface area contributed by atoms with Crippen molar-refractivity contribution in [3.05, 3.63) is 0 Å². The number of nitrogens with zero attached hydrogens (tertiary/aromatic N) is 1. The molecular formula is C11H19NO5. The van der Waals surface area contributed by atoms with Crippen LogP contribution in [0.15, 0.2) is 0 Å². The number of aliphatic carboxylic acids is 1. The van der Waals surface area contributed by atoms with E-state index in [1.807, 2.05) is 0 Å². The molecule has 1 saturated heterocycles. The van der Waals surface area contributed by atoms with Crippen LogP contribution in [-0.2, 0) is 19.1 Å². The molecule has 0 spiro atoms. The van der Waals surface area contributed by atoms with Gasteiger partial charge in [0.1, 0.15) is 6.61 Å². The fourth-order valence-electron chi connectivity index (χ4n) is 1.80. The van der Waals surface area contributed by atoms with Gasteiger partial charge in [0.25, 0.3) is 0 Å². The van der Waals surface area contributed by atoms with Crippen LogP contribution in [0.4, 0.5) is 0 Å². The number of carbonyl (C=O) groups is 2. The molecule has 0 aliphatic carbocycles. The number of carbonyl (C=O) groups excluding carboxylic acids is 1. The Bertz CT molecular complexity index is 263. The third-order valence-corrected chi connectivity index (χ3v) is 2.66. The molecule has 1 rings (SSSR count). The average molecular weight is 245 g/mol. The molecule has 1 aliphatic heterocycles. The Morgan fingerprint density at radius 1 is 1.53 bits per heavy atom. The quantitative estimate of drug-likeness (QED) is 0.689. The molecule has 1 N–H and O–H groups in total. The van der Waals surface area contributed by atoms with Crippen molar-refractivity contribution in [2.75, 3.05) is 33.4 Å². The third kappa shape index (κ3) is 5.14. The van der Waals surface area contributed by atoms with E-state index in [9.17, 15) is 9.59 Å². The second kappa shape index (κ2) is 7.24. The van der Waals surface area contributed by atoms with Crippen molar-refractivity contribution in [3.8, 4) is 0 Å². The van der Waals surface area contributed by atoms with E-state index in [0.717, 1.165) is 19.4 Å². The maximum absolute atomic E-state index is 11.7. The highest BCUT2D eigenvalue weighted by Crippen LogP contribution is 2.13. The lowest BCUT2D eigenvalue weighted by Gasteiger charge is -2.24. The molecule has 0 aromatic carbocycles. The van der Waals surface area contributed by atoms with Gasteiger partial charge in [-0.15, -0.1) is 0 Å². The van der Waals surface area contributed by atoms with Gasteiger partial charge in [0.05, 0.1) is 12.5 Å². The molecule has 0 bridgehead atoms. The molecule has 1 aliphatic rings. The molecule has 0 radical (unpaired) electrons. The van der Waals surface area contributed by atoms with Crippen molar-refractivity contribution >= 4 is 11.9 Å². The Kier molecular flexibility index (Phi) is 5.93. The largest absolute Gasteiger partial charge is 0.481 e. The normalized spacial score (nSPS) is 19.2. The van der Waals surface area contributed by atoms with Crippen molar-refractivity contribution in [1.82, 2.24) is 4.90 Å². The molecule has 0 saturated carbocycles. The first-order valence-electron chi connectivity index (χ1n) is 5.73. The van der Waals surface area contributed by atoms with Gasteiger partial charge in [0, 0.05) is 26.8 Å². The molecule has 6 nitrogen and oxygen atoms in total. The summed E-state index contributed by atoms with van der Waals surface area (Å²) in [5.41, 5.74) is 0. The Labute approximate surface area is 100 Å². The fourth-order valence-corrected chi connectivity index (χ4v) is 1.80. The molecule has 1 atom stereocenters. The van der Waals surface area contributed by atoms with Gasteiger partial charge in [0.15, 0.2) is 0 Å². The number of carboxylic acids is 1. The lowest BCUT2D eigenvalue weighted by Crippen LogP contribution is -2.40. The van der Waals surface area contributed by atoms with Crippen LogP contribution in [0.1, 0.15) is 19.3 Å². The number of carboxylic acid groups (broad SMARTS) is 1. The van der Waals surface area contributed by atoms with Gasteiger partial charge in [-0.25, -0.2) is 0 Å². The van der Waals surface area contributed by atoms with Crippen LogP contribution in [0.2, 0.25) is 0 Å². The Balaban J connectivity index is 2.44. The standard InChI is InChI=1S/C11H19NO5/c1-16-8-10(13)12(5-4-11(14)15)7-9-3-2-6-17-9/h9H,2-8H2,1H3,(H,14,15). The van der Waals surface area contributed by atoms with Crippen molar-refractivity contribution in [3.63, 3.8) is 0 Å². The van der Waals surface area contributed by atoms with Crippen molar-refractivity contribution in [2.24, 2.45) is 0 Å². The van der Waals surface area contributed by atoms with Gasteiger partial charge in [-0.1, -0.05) is 0 Å². The predicted molar refractivity (Wildman–Crippen MR) is 59.7 cm³/mol. The molecule has 0 aromatic heterocycles. The number of amides is 1. The highest BCUT2D eigenvalue weighted by molar-refractivity contribution is 5.78. The summed E-state index contributed by atoms with van der Waals surface area (Å²) in [6, 6.07) is 0. The first-order chi connectivity index (χ1) is 8.13. The molecule has 1 fully saturated rings. The van der Waals surface area contributed by atoms with E-state index >= 15 is 0 Å². The Morgan fingerprint density at radius 2 is 2.29 bits per heavy atom. The van der Waals surface area contributed by atoms with Gasteiger partial charge in [0.2, 0.25) is 5.91 Å². The van der Waals surface area contributed by atoms with E-state index < -0.39 is 5.97 Å². The smallest absolute Gasteiger partial charge is 0.305 e. The van der Waals surface area contributed by atoms with E-state index in [-0.39, 0.29) is 31.6 Å². The van der Waals surface area contributed by atoms with Crippen LogP contribution in [0, 0.1) is 0 Å². The zero-order valence-electron chi connectivity index (χ0n) is 10.1. The average Bonchev–Trinajstić information content (AvgIpc) is 2.76. The summed E-state index contributed by atoms with van der Waals surface area (Å²) < 4.78 is 10.2. The monoisotopic (exact) mass is 245 g/mol. The van der Waals surface area contributed by atoms with Crippen LogP contribution in [0.25, 0.3) is 0 Å². The minimum Gasteiger partial charge on any atom is -0.481 e. The second-order valence-electron chi connectivity index (χ2n) is 4.05. The van der Waals surface area contributed by atoms with Crippen LogP contribution < -0.4 is 0 Å². The first kappa shape index (κ1) is 13.9. The van der Waals surface area contributed by atoms with Gasteiger partial charge >= 0.3 is 5.97 Å². The zero-order chi connectivity index (χ0) is 12.7. The second-order valence-corrected chi connectivity index (χ2v) is 4.05. The molecular weight excluding hydrogens is 226 g/mol. The minimum atomic E-state index is -0.910. The van der Waals surface area contributed by atoms with E-state index in [2.05, 4.69) is 0 Å². The van der Waals surface area contributed by atoms with Gasteiger partial charge in [-0.2, -0.15) is 0 Å². The van der Waals surface area contributed by atoms with Crippen molar-refractivity contribution in [2.45, 2.75) is 25.4 Å². The van der Waals surface area contributed by atoms with Gasteiger partial charge in [-0.05, 0) is 12.8 Å². The zero-order valence-corrected chi connectivity index (χ0v) is 10.1. The van der Waals surface area contributed by atoms with E-state index in [0.29, 0.717) is 6.54 Å². The molecule has 1 heterocycles. The van der Waals surface area contributed by atoms with Crippen LogP contribution in [0.5, 0.6) is 0 Å². The van der Waals surface area contributed by atoms with Crippen molar-refractivity contribution in [1.29, 1.82) is 0 Å². The number of ether oxygens (including phenoxy) is 2. The third-order valence-electron chi connectivity index (χ3n) is 2.66. The lowest BCUT2D eigenvalue weighted by atomic mass is 10.2. The highest BCUT2D eigenvalue weighted by atomic mass is 16.5. The maximum atomic E-state index is 11.7. The van der Waals surface area contributed by atoms with Gasteiger partial charge in [-0.3, -0.25) is 9.59 Å². The molecule has 1 amide bonds. The number of methoxy groups -OCH3 is 1. The first-order valence-corrected chi connectivity index (χ1v) is 5.73. The number of hydrogen-bond acceptors (Lipinski definition) is 4. The molecule has 6 heteroatoms. The SMILES string of the molecule is COCC(=O)N(CCC(=O)O)CC1CCCO1. The lowest BCUT2D eigenvalue weighted by molar-refractivity contribution is -0.140. The topological polar surface area (TPSA) is 76.1 Å². The molecule has 0 aromatic rings. The van der Waals surface area contributed by atoms with E-state index in [4.69, 9.17) is 14.6 Å². The molecule has 98 valence electrons. The summed E-state index contributed by atoms with van der Waals surface area (Å²) in [6.45, 7) is 1.36. The Morgan fingerprint density at radius 3 is 2.82 bits per heavy atom. The van der Waals surface area contributed by atoms with Crippen LogP contribution in [-0.4, -0.2) is 61.4 Å².